The van der Waals surface area contributed by atoms with Crippen molar-refractivity contribution >= 4 is 5.91 Å². The Kier molecular flexibility index (Phi) is 5.66. The van der Waals surface area contributed by atoms with Gasteiger partial charge < -0.3 is 9.64 Å². The lowest BCUT2D eigenvalue weighted by molar-refractivity contribution is 0.0697. The average Bonchev–Trinajstić information content (AvgIpc) is 2.99. The van der Waals surface area contributed by atoms with Crippen LogP contribution in [0, 0.1) is 13.8 Å². The van der Waals surface area contributed by atoms with E-state index in [4.69, 9.17) is 4.74 Å². The number of carbonyl (C=O) groups is 1. The second-order valence-corrected chi connectivity index (χ2v) is 6.85. The number of aromatic nitrogens is 4. The summed E-state index contributed by atoms with van der Waals surface area (Å²) in [6.45, 7) is 8.41. The number of aryl methyl sites for hydroxylation is 3. The lowest BCUT2D eigenvalue weighted by atomic mass is 9.92. The lowest BCUT2D eigenvalue weighted by Gasteiger charge is -2.33. The Morgan fingerprint density at radius 1 is 1.38 bits per heavy atom. The van der Waals surface area contributed by atoms with E-state index in [2.05, 4.69) is 15.1 Å². The minimum absolute atomic E-state index is 0.00413. The molecule has 2 aromatic heterocycles. The van der Waals surface area contributed by atoms with Gasteiger partial charge in [0, 0.05) is 50.1 Å². The molecule has 1 aliphatic rings. The van der Waals surface area contributed by atoms with Crippen LogP contribution in [0.3, 0.4) is 0 Å². The molecule has 1 aliphatic heterocycles. The Hall–Kier alpha value is -2.28. The van der Waals surface area contributed by atoms with Crippen molar-refractivity contribution in [3.8, 4) is 0 Å². The van der Waals surface area contributed by atoms with Gasteiger partial charge in [-0.25, -0.2) is 9.97 Å². The fourth-order valence-corrected chi connectivity index (χ4v) is 3.40. The summed E-state index contributed by atoms with van der Waals surface area (Å²) in [6, 6.07) is 1.85. The van der Waals surface area contributed by atoms with E-state index in [1.54, 1.807) is 4.68 Å². The molecular formula is C19H27N5O2. The van der Waals surface area contributed by atoms with Crippen LogP contribution in [-0.4, -0.2) is 50.3 Å². The predicted molar refractivity (Wildman–Crippen MR) is 97.9 cm³/mol. The Balaban J connectivity index is 1.80. The zero-order valence-corrected chi connectivity index (χ0v) is 16.0. The van der Waals surface area contributed by atoms with E-state index in [0.717, 1.165) is 42.2 Å². The Bertz CT molecular complexity index is 767. The first kappa shape index (κ1) is 18.5. The third kappa shape index (κ3) is 3.93. The Labute approximate surface area is 154 Å². The fourth-order valence-electron chi connectivity index (χ4n) is 3.40. The molecule has 26 heavy (non-hydrogen) atoms. The van der Waals surface area contributed by atoms with Crippen LogP contribution in [0.4, 0.5) is 0 Å². The van der Waals surface area contributed by atoms with Crippen molar-refractivity contribution in [3.63, 3.8) is 0 Å². The van der Waals surface area contributed by atoms with Gasteiger partial charge in [-0.3, -0.25) is 9.48 Å². The molecule has 0 radical (unpaired) electrons. The smallest absolute Gasteiger partial charge is 0.274 e. The minimum atomic E-state index is -0.00413. The molecule has 0 spiro atoms. The number of likely N-dealkylation sites (tertiary alicyclic amines) is 1. The molecule has 1 saturated heterocycles. The standard InChI is InChI=1S/C19H27N5O2/c1-5-26-12-16-10-20-14(3)21-18(16)15-7-6-8-24(11-15)19(25)17-9-13(2)23(4)22-17/h9-10,15H,5-8,11-12H2,1-4H3. The van der Waals surface area contributed by atoms with Crippen LogP contribution < -0.4 is 0 Å². The zero-order chi connectivity index (χ0) is 18.7. The highest BCUT2D eigenvalue weighted by Crippen LogP contribution is 2.29. The van der Waals surface area contributed by atoms with Crippen molar-refractivity contribution in [3.05, 3.63) is 40.7 Å². The van der Waals surface area contributed by atoms with Crippen LogP contribution in [0.5, 0.6) is 0 Å². The molecule has 1 fully saturated rings. The highest BCUT2D eigenvalue weighted by molar-refractivity contribution is 5.92. The van der Waals surface area contributed by atoms with Gasteiger partial charge in [-0.15, -0.1) is 0 Å². The largest absolute Gasteiger partial charge is 0.377 e. The molecule has 0 N–H and O–H groups in total. The number of piperidine rings is 1. The van der Waals surface area contributed by atoms with Crippen molar-refractivity contribution in [2.45, 2.75) is 46.1 Å². The first-order valence-corrected chi connectivity index (χ1v) is 9.19. The summed E-state index contributed by atoms with van der Waals surface area (Å²) in [5.74, 6) is 0.953. The summed E-state index contributed by atoms with van der Waals surface area (Å²) in [5.41, 5.74) is 3.53. The third-order valence-corrected chi connectivity index (χ3v) is 4.91. The second-order valence-electron chi connectivity index (χ2n) is 6.85. The number of hydrogen-bond donors (Lipinski definition) is 0. The molecule has 0 aromatic carbocycles. The first-order chi connectivity index (χ1) is 12.5. The number of carbonyl (C=O) groups excluding carboxylic acids is 1. The maximum absolute atomic E-state index is 12.9. The quantitative estimate of drug-likeness (QED) is 0.821. The van der Waals surface area contributed by atoms with Gasteiger partial charge in [-0.1, -0.05) is 0 Å². The van der Waals surface area contributed by atoms with Gasteiger partial charge in [0.1, 0.15) is 5.82 Å². The monoisotopic (exact) mass is 357 g/mol. The van der Waals surface area contributed by atoms with Crippen molar-refractivity contribution in [1.29, 1.82) is 0 Å². The van der Waals surface area contributed by atoms with Crippen LogP contribution in [0.15, 0.2) is 12.3 Å². The molecule has 1 amide bonds. The maximum Gasteiger partial charge on any atom is 0.274 e. The highest BCUT2D eigenvalue weighted by atomic mass is 16.5. The Morgan fingerprint density at radius 3 is 2.88 bits per heavy atom. The van der Waals surface area contributed by atoms with Crippen molar-refractivity contribution in [2.75, 3.05) is 19.7 Å². The summed E-state index contributed by atoms with van der Waals surface area (Å²) in [6.07, 6.45) is 3.83. The summed E-state index contributed by atoms with van der Waals surface area (Å²) in [7, 11) is 1.86. The van der Waals surface area contributed by atoms with Crippen molar-refractivity contribution in [1.82, 2.24) is 24.6 Å². The van der Waals surface area contributed by atoms with E-state index in [1.165, 1.54) is 0 Å². The van der Waals surface area contributed by atoms with Gasteiger partial charge in [0.15, 0.2) is 5.69 Å². The molecule has 0 aliphatic carbocycles. The number of rotatable bonds is 5. The van der Waals surface area contributed by atoms with Gasteiger partial charge in [-0.2, -0.15) is 5.10 Å². The molecule has 0 saturated carbocycles. The summed E-state index contributed by atoms with van der Waals surface area (Å²) in [5, 5.41) is 4.34. The second kappa shape index (κ2) is 7.95. The Morgan fingerprint density at radius 2 is 2.19 bits per heavy atom. The van der Waals surface area contributed by atoms with E-state index in [1.807, 2.05) is 45.0 Å². The maximum atomic E-state index is 12.9. The number of ether oxygens (including phenoxy) is 1. The third-order valence-electron chi connectivity index (χ3n) is 4.91. The van der Waals surface area contributed by atoms with E-state index < -0.39 is 0 Å². The normalized spacial score (nSPS) is 17.5. The van der Waals surface area contributed by atoms with Crippen LogP contribution in [0.1, 0.15) is 58.9 Å². The summed E-state index contributed by atoms with van der Waals surface area (Å²) >= 11 is 0. The number of hydrogen-bond acceptors (Lipinski definition) is 5. The molecule has 2 aromatic rings. The van der Waals surface area contributed by atoms with Gasteiger partial charge >= 0.3 is 0 Å². The SMILES string of the molecule is CCOCc1cnc(C)nc1C1CCCN(C(=O)c2cc(C)n(C)n2)C1. The van der Waals surface area contributed by atoms with Crippen LogP contribution >= 0.6 is 0 Å². The zero-order valence-electron chi connectivity index (χ0n) is 16.0. The van der Waals surface area contributed by atoms with E-state index in [0.29, 0.717) is 25.5 Å². The van der Waals surface area contributed by atoms with Gasteiger partial charge in [0.2, 0.25) is 0 Å². The van der Waals surface area contributed by atoms with Crippen LogP contribution in [0.25, 0.3) is 0 Å². The molecule has 1 unspecified atom stereocenters. The minimum Gasteiger partial charge on any atom is -0.377 e. The molecule has 0 bridgehead atoms. The van der Waals surface area contributed by atoms with Gasteiger partial charge in [0.05, 0.1) is 12.3 Å². The molecule has 1 atom stereocenters. The fraction of sp³-hybridized carbons (Fsp3) is 0.579. The van der Waals surface area contributed by atoms with Gasteiger partial charge in [0.25, 0.3) is 5.91 Å². The average molecular weight is 357 g/mol. The first-order valence-electron chi connectivity index (χ1n) is 9.19. The predicted octanol–water partition coefficient (Wildman–Crippen LogP) is 2.38. The molecule has 3 rings (SSSR count). The van der Waals surface area contributed by atoms with E-state index in [-0.39, 0.29) is 11.8 Å². The van der Waals surface area contributed by atoms with Crippen molar-refractivity contribution in [2.24, 2.45) is 7.05 Å². The van der Waals surface area contributed by atoms with E-state index >= 15 is 0 Å². The molecule has 7 nitrogen and oxygen atoms in total. The molecule has 7 heteroatoms. The summed E-state index contributed by atoms with van der Waals surface area (Å²) in [4.78, 5) is 23.8. The van der Waals surface area contributed by atoms with Crippen LogP contribution in [0.2, 0.25) is 0 Å². The number of amides is 1. The highest BCUT2D eigenvalue weighted by Gasteiger charge is 2.29. The van der Waals surface area contributed by atoms with Gasteiger partial charge in [-0.05, 0) is 39.7 Å². The lowest BCUT2D eigenvalue weighted by Crippen LogP contribution is -2.39. The molecular weight excluding hydrogens is 330 g/mol. The number of nitrogens with zero attached hydrogens (tertiary/aromatic N) is 5. The topological polar surface area (TPSA) is 73.1 Å². The molecule has 140 valence electrons. The van der Waals surface area contributed by atoms with Crippen LogP contribution in [-0.2, 0) is 18.4 Å². The molecule has 3 heterocycles. The van der Waals surface area contributed by atoms with E-state index in [9.17, 15) is 4.79 Å². The van der Waals surface area contributed by atoms with Crippen molar-refractivity contribution < 1.29 is 9.53 Å². The summed E-state index contributed by atoms with van der Waals surface area (Å²) < 4.78 is 7.32.